The molecule has 3 rings (SSSR count). The average molecular weight is 637 g/mol. The van der Waals surface area contributed by atoms with Crippen molar-refractivity contribution in [2.45, 2.75) is 89.4 Å². The van der Waals surface area contributed by atoms with Gasteiger partial charge in [0.15, 0.2) is 11.6 Å². The van der Waals surface area contributed by atoms with E-state index in [4.69, 9.17) is 9.47 Å². The fourth-order valence-corrected chi connectivity index (χ4v) is 5.04. The Bertz CT molecular complexity index is 1330. The van der Waals surface area contributed by atoms with Crippen LogP contribution in [0.1, 0.15) is 70.1 Å². The van der Waals surface area contributed by atoms with Gasteiger partial charge in [0.2, 0.25) is 0 Å². The van der Waals surface area contributed by atoms with Gasteiger partial charge in [-0.05, 0) is 74.9 Å². The van der Waals surface area contributed by atoms with Crippen LogP contribution in [0, 0.1) is 5.82 Å². The van der Waals surface area contributed by atoms with Crippen molar-refractivity contribution in [3.05, 3.63) is 58.9 Å². The van der Waals surface area contributed by atoms with E-state index in [-0.39, 0.29) is 67.6 Å². The molecule has 2 aromatic carbocycles. The molecule has 0 aromatic heterocycles. The number of hydrogen-bond donors (Lipinski definition) is 2. The number of halogens is 7. The van der Waals surface area contributed by atoms with Gasteiger partial charge in [-0.3, -0.25) is 9.69 Å². The minimum Gasteiger partial charge on any atom is -0.493 e. The molecule has 0 aliphatic carbocycles. The van der Waals surface area contributed by atoms with Crippen molar-refractivity contribution in [3.63, 3.8) is 0 Å². The molecule has 0 saturated carbocycles. The molecule has 44 heavy (non-hydrogen) atoms. The van der Waals surface area contributed by atoms with Crippen molar-refractivity contribution in [1.82, 2.24) is 10.2 Å². The molecule has 3 amide bonds. The average Bonchev–Trinajstić information content (AvgIpc) is 3.18. The van der Waals surface area contributed by atoms with Crippen molar-refractivity contribution in [1.29, 1.82) is 0 Å². The van der Waals surface area contributed by atoms with Gasteiger partial charge in [0.1, 0.15) is 11.3 Å². The number of benzene rings is 2. The highest BCUT2D eigenvalue weighted by Gasteiger charge is 2.71. The third-order valence-electron chi connectivity index (χ3n) is 7.35. The quantitative estimate of drug-likeness (QED) is 0.142. The maximum atomic E-state index is 14.7. The van der Waals surface area contributed by atoms with Crippen LogP contribution < -0.4 is 14.8 Å². The van der Waals surface area contributed by atoms with Crippen molar-refractivity contribution in [2.75, 3.05) is 13.2 Å². The number of nitrogens with zero attached hydrogens (tertiary/aromatic N) is 1. The summed E-state index contributed by atoms with van der Waals surface area (Å²) in [7, 11) is 0. The first-order valence-corrected chi connectivity index (χ1v) is 14.2. The third kappa shape index (κ3) is 6.74. The zero-order valence-electron chi connectivity index (χ0n) is 24.7. The van der Waals surface area contributed by atoms with Gasteiger partial charge in [0.25, 0.3) is 11.5 Å². The molecule has 1 heterocycles. The van der Waals surface area contributed by atoms with Crippen LogP contribution >= 0.6 is 0 Å². The Balaban J connectivity index is 1.67. The maximum Gasteiger partial charge on any atom is 0.430 e. The number of hydrogen-bond acceptors (Lipinski definition) is 5. The van der Waals surface area contributed by atoms with E-state index in [0.717, 1.165) is 17.0 Å². The molecule has 1 atom stereocenters. The van der Waals surface area contributed by atoms with E-state index in [1.54, 1.807) is 27.7 Å². The van der Waals surface area contributed by atoms with E-state index in [9.17, 15) is 45.4 Å². The lowest BCUT2D eigenvalue weighted by atomic mass is 9.87. The summed E-state index contributed by atoms with van der Waals surface area (Å²) in [6, 6.07) is 5.52. The van der Waals surface area contributed by atoms with Gasteiger partial charge in [0, 0.05) is 12.1 Å². The molecule has 14 heteroatoms. The van der Waals surface area contributed by atoms with Crippen molar-refractivity contribution in [3.8, 4) is 11.5 Å². The van der Waals surface area contributed by atoms with E-state index in [2.05, 4.69) is 5.32 Å². The molecule has 0 bridgehead atoms. The molecule has 0 radical (unpaired) electrons. The Kier molecular flexibility index (Phi) is 10.5. The minimum atomic E-state index is -6.01. The largest absolute Gasteiger partial charge is 0.493 e. The number of rotatable bonds is 13. The lowest BCUT2D eigenvalue weighted by Gasteiger charge is -2.33. The summed E-state index contributed by atoms with van der Waals surface area (Å²) < 4.78 is 106. The van der Waals surface area contributed by atoms with Gasteiger partial charge < -0.3 is 19.9 Å². The second kappa shape index (κ2) is 13.2. The summed E-state index contributed by atoms with van der Waals surface area (Å²) >= 11 is 0. The summed E-state index contributed by atoms with van der Waals surface area (Å²) in [5.74, 6) is -1.19. The molecule has 7 nitrogen and oxygen atoms in total. The Morgan fingerprint density at radius 2 is 1.59 bits per heavy atom. The van der Waals surface area contributed by atoms with Crippen LogP contribution in [-0.2, 0) is 22.4 Å². The summed E-state index contributed by atoms with van der Waals surface area (Å²) in [5.41, 5.74) is -7.58. The number of nitrogens with one attached hydrogen (secondary N) is 1. The number of unbranched alkanes of at least 4 members (excludes halogenated alkanes) is 1. The smallest absolute Gasteiger partial charge is 0.430 e. The molecule has 1 aliphatic heterocycles. The van der Waals surface area contributed by atoms with Gasteiger partial charge in [-0.25, -0.2) is 9.18 Å². The number of ether oxygens (including phenoxy) is 2. The zero-order valence-corrected chi connectivity index (χ0v) is 24.7. The molecule has 0 unspecified atom stereocenters. The Labute approximate surface area is 250 Å². The lowest BCUT2D eigenvalue weighted by Crippen LogP contribution is -2.53. The van der Waals surface area contributed by atoms with E-state index >= 15 is 0 Å². The van der Waals surface area contributed by atoms with Crippen LogP contribution in [0.25, 0.3) is 0 Å². The highest BCUT2D eigenvalue weighted by molar-refractivity contribution is 6.07. The summed E-state index contributed by atoms with van der Waals surface area (Å²) in [5, 5.41) is 12.4. The SMILES string of the molecule is CCCc1cc(C(O)(C(F)(F)F)C(F)(F)F)ccc1OCCCCN1C(=O)N[C@](CC)(c2ccc(OC(C)C)c(F)c2)C1=O. The molecule has 244 valence electrons. The van der Waals surface area contributed by atoms with Crippen LogP contribution in [0.4, 0.5) is 35.5 Å². The first-order valence-electron chi connectivity index (χ1n) is 14.2. The predicted molar refractivity (Wildman–Crippen MR) is 146 cm³/mol. The highest BCUT2D eigenvalue weighted by Crippen LogP contribution is 2.50. The fraction of sp³-hybridized carbons (Fsp3) is 0.533. The molecule has 1 aliphatic rings. The van der Waals surface area contributed by atoms with Crippen LogP contribution in [0.2, 0.25) is 0 Å². The van der Waals surface area contributed by atoms with E-state index in [0.29, 0.717) is 18.6 Å². The van der Waals surface area contributed by atoms with Gasteiger partial charge in [-0.2, -0.15) is 26.3 Å². The monoisotopic (exact) mass is 636 g/mol. The number of carbonyl (C=O) groups is 2. The van der Waals surface area contributed by atoms with E-state index < -0.39 is 46.8 Å². The molecule has 0 spiro atoms. The standard InChI is InChI=1S/C30H35F7N2O5/c1-5-9-19-16-21(28(42,29(32,33)34)30(35,36)37)11-12-23(19)43-15-8-7-14-39-25(40)27(6-2,38-26(39)41)20-10-13-24(22(31)17-20)44-18(3)4/h10-13,16-18,42H,5-9,14-15H2,1-4H3,(H,38,41)/t27-/m1/s1. The highest BCUT2D eigenvalue weighted by atomic mass is 19.4. The van der Waals surface area contributed by atoms with Crippen LogP contribution in [-0.4, -0.2) is 53.6 Å². The summed E-state index contributed by atoms with van der Waals surface area (Å²) in [4.78, 5) is 27.1. The first kappa shape index (κ1) is 34.9. The maximum absolute atomic E-state index is 14.7. The number of aliphatic hydroxyl groups is 1. The number of urea groups is 1. The third-order valence-corrected chi connectivity index (χ3v) is 7.35. The Hall–Kier alpha value is -3.55. The normalized spacial score (nSPS) is 17.8. The van der Waals surface area contributed by atoms with Gasteiger partial charge >= 0.3 is 18.4 Å². The van der Waals surface area contributed by atoms with Gasteiger partial charge in [-0.1, -0.05) is 32.4 Å². The molecule has 1 fully saturated rings. The second-order valence-electron chi connectivity index (χ2n) is 10.8. The number of amides is 3. The molecular formula is C30H35F7N2O5. The first-order chi connectivity index (χ1) is 20.4. The number of alkyl halides is 6. The summed E-state index contributed by atoms with van der Waals surface area (Å²) in [6.07, 6.45) is -11.2. The Morgan fingerprint density at radius 1 is 0.955 bits per heavy atom. The Morgan fingerprint density at radius 3 is 2.14 bits per heavy atom. The lowest BCUT2D eigenvalue weighted by molar-refractivity contribution is -0.376. The minimum absolute atomic E-state index is 0.0109. The fourth-order valence-electron chi connectivity index (χ4n) is 5.04. The predicted octanol–water partition coefficient (Wildman–Crippen LogP) is 6.89. The zero-order chi connectivity index (χ0) is 33.1. The number of imide groups is 1. The second-order valence-corrected chi connectivity index (χ2v) is 10.8. The number of carbonyl (C=O) groups excluding carboxylic acids is 2. The van der Waals surface area contributed by atoms with Crippen molar-refractivity contribution in [2.24, 2.45) is 0 Å². The van der Waals surface area contributed by atoms with Crippen LogP contribution in [0.5, 0.6) is 11.5 Å². The van der Waals surface area contributed by atoms with Gasteiger partial charge in [0.05, 0.1) is 12.7 Å². The van der Waals surface area contributed by atoms with Crippen molar-refractivity contribution < 1.29 is 54.9 Å². The van der Waals surface area contributed by atoms with E-state index in [1.807, 2.05) is 0 Å². The number of aryl methyl sites for hydroxylation is 1. The van der Waals surface area contributed by atoms with Crippen LogP contribution in [0.15, 0.2) is 36.4 Å². The molecular weight excluding hydrogens is 601 g/mol. The van der Waals surface area contributed by atoms with E-state index in [1.165, 1.54) is 12.1 Å². The molecule has 2 aromatic rings. The molecule has 1 saturated heterocycles. The van der Waals surface area contributed by atoms with Gasteiger partial charge in [-0.15, -0.1) is 0 Å². The van der Waals surface area contributed by atoms with Crippen molar-refractivity contribution >= 4 is 11.9 Å². The van der Waals surface area contributed by atoms with Crippen LogP contribution in [0.3, 0.4) is 0 Å². The topological polar surface area (TPSA) is 88.1 Å². The summed E-state index contributed by atoms with van der Waals surface area (Å²) in [6.45, 7) is 6.78. The molecule has 2 N–H and O–H groups in total.